The largest absolute Gasteiger partial charge is 0.455 e. The number of esters is 1. The fourth-order valence-corrected chi connectivity index (χ4v) is 3.06. The minimum Gasteiger partial charge on any atom is -0.455 e. The standard InChI is InChI=1S/C19H23N3O4S/c1-4-13-5-7-14(8-6-13)19-21-15(12-27-19)9-18(25)26-11-17(24)22(3)10-16(23)20-2/h5-8,12H,4,9-11H2,1-3H3,(H,20,23). The Morgan fingerprint density at radius 2 is 1.93 bits per heavy atom. The Labute approximate surface area is 162 Å². The quantitative estimate of drug-likeness (QED) is 0.694. The highest BCUT2D eigenvalue weighted by atomic mass is 32.1. The van der Waals surface area contributed by atoms with Crippen molar-refractivity contribution in [3.05, 3.63) is 40.9 Å². The van der Waals surface area contributed by atoms with Crippen LogP contribution in [0.3, 0.4) is 0 Å². The molecule has 7 nitrogen and oxygen atoms in total. The minimum absolute atomic E-state index is 0.00398. The average Bonchev–Trinajstić information content (AvgIpc) is 3.14. The van der Waals surface area contributed by atoms with Gasteiger partial charge in [-0.2, -0.15) is 0 Å². The van der Waals surface area contributed by atoms with E-state index in [1.807, 2.05) is 17.5 Å². The van der Waals surface area contributed by atoms with Gasteiger partial charge >= 0.3 is 5.97 Å². The van der Waals surface area contributed by atoms with E-state index in [1.54, 1.807) is 0 Å². The van der Waals surface area contributed by atoms with Gasteiger partial charge in [-0.3, -0.25) is 14.4 Å². The molecule has 0 fully saturated rings. The third-order valence-corrected chi connectivity index (χ3v) is 4.87. The number of amides is 2. The van der Waals surface area contributed by atoms with Crippen LogP contribution in [0.15, 0.2) is 29.6 Å². The molecule has 0 saturated carbocycles. The lowest BCUT2D eigenvalue weighted by Crippen LogP contribution is -2.39. The van der Waals surface area contributed by atoms with Crippen molar-refractivity contribution in [1.82, 2.24) is 15.2 Å². The lowest BCUT2D eigenvalue weighted by Gasteiger charge is -2.15. The van der Waals surface area contributed by atoms with Crippen molar-refractivity contribution in [3.63, 3.8) is 0 Å². The molecule has 0 bridgehead atoms. The van der Waals surface area contributed by atoms with Gasteiger partial charge in [-0.25, -0.2) is 4.98 Å². The number of benzene rings is 1. The number of ether oxygens (including phenoxy) is 1. The summed E-state index contributed by atoms with van der Waals surface area (Å²) in [7, 11) is 2.96. The van der Waals surface area contributed by atoms with Crippen molar-refractivity contribution in [2.45, 2.75) is 19.8 Å². The van der Waals surface area contributed by atoms with Gasteiger partial charge in [0.25, 0.3) is 5.91 Å². The van der Waals surface area contributed by atoms with Gasteiger partial charge in [0, 0.05) is 25.0 Å². The van der Waals surface area contributed by atoms with Gasteiger partial charge in [0.05, 0.1) is 18.7 Å². The maximum atomic E-state index is 11.9. The summed E-state index contributed by atoms with van der Waals surface area (Å²) in [5, 5.41) is 5.07. The molecule has 1 N–H and O–H groups in total. The van der Waals surface area contributed by atoms with Crippen molar-refractivity contribution >= 4 is 29.1 Å². The molecule has 144 valence electrons. The van der Waals surface area contributed by atoms with E-state index in [2.05, 4.69) is 29.4 Å². The van der Waals surface area contributed by atoms with E-state index in [0.717, 1.165) is 17.0 Å². The zero-order chi connectivity index (χ0) is 19.8. The van der Waals surface area contributed by atoms with E-state index in [-0.39, 0.29) is 18.9 Å². The Balaban J connectivity index is 1.84. The lowest BCUT2D eigenvalue weighted by atomic mass is 10.1. The van der Waals surface area contributed by atoms with Crippen LogP contribution in [-0.4, -0.2) is 54.9 Å². The summed E-state index contributed by atoms with van der Waals surface area (Å²) in [6, 6.07) is 8.15. The molecule has 0 spiro atoms. The summed E-state index contributed by atoms with van der Waals surface area (Å²) in [6.45, 7) is 1.62. The summed E-state index contributed by atoms with van der Waals surface area (Å²) >= 11 is 1.46. The Morgan fingerprint density at radius 1 is 1.22 bits per heavy atom. The number of likely N-dealkylation sites (N-methyl/N-ethyl adjacent to an activating group) is 2. The van der Waals surface area contributed by atoms with Crippen LogP contribution in [0.5, 0.6) is 0 Å². The van der Waals surface area contributed by atoms with Crippen LogP contribution in [0.1, 0.15) is 18.2 Å². The Hall–Kier alpha value is -2.74. The van der Waals surface area contributed by atoms with Crippen molar-refractivity contribution < 1.29 is 19.1 Å². The second-order valence-electron chi connectivity index (χ2n) is 5.95. The average molecular weight is 389 g/mol. The zero-order valence-corrected chi connectivity index (χ0v) is 16.5. The van der Waals surface area contributed by atoms with Crippen LogP contribution in [-0.2, 0) is 32.0 Å². The van der Waals surface area contributed by atoms with Gasteiger partial charge in [0.15, 0.2) is 6.61 Å². The predicted molar refractivity (Wildman–Crippen MR) is 103 cm³/mol. The molecule has 0 saturated heterocycles. The Bertz CT molecular complexity index is 802. The Morgan fingerprint density at radius 3 is 2.56 bits per heavy atom. The second kappa shape index (κ2) is 9.82. The van der Waals surface area contributed by atoms with Crippen LogP contribution in [0.4, 0.5) is 0 Å². The number of nitrogens with one attached hydrogen (secondary N) is 1. The van der Waals surface area contributed by atoms with Crippen LogP contribution < -0.4 is 5.32 Å². The van der Waals surface area contributed by atoms with Crippen LogP contribution in [0.2, 0.25) is 0 Å². The lowest BCUT2D eigenvalue weighted by molar-refractivity contribution is -0.151. The van der Waals surface area contributed by atoms with E-state index in [0.29, 0.717) is 5.69 Å². The van der Waals surface area contributed by atoms with E-state index >= 15 is 0 Å². The molecule has 1 heterocycles. The minimum atomic E-state index is -0.533. The SMILES string of the molecule is CCc1ccc(-c2nc(CC(=O)OCC(=O)N(C)CC(=O)NC)cs2)cc1. The van der Waals surface area contributed by atoms with Gasteiger partial charge in [-0.15, -0.1) is 11.3 Å². The third-order valence-electron chi connectivity index (χ3n) is 3.93. The highest BCUT2D eigenvalue weighted by molar-refractivity contribution is 7.13. The molecule has 8 heteroatoms. The molecular formula is C19H23N3O4S. The Kier molecular flexibility index (Phi) is 7.48. The number of carbonyl (C=O) groups is 3. The van der Waals surface area contributed by atoms with Gasteiger partial charge < -0.3 is 15.0 Å². The number of rotatable bonds is 8. The summed E-state index contributed by atoms with van der Waals surface area (Å²) in [5.74, 6) is -1.27. The van der Waals surface area contributed by atoms with Gasteiger partial charge in [0.1, 0.15) is 5.01 Å². The molecule has 2 amide bonds. The summed E-state index contributed by atoms with van der Waals surface area (Å²) < 4.78 is 4.99. The molecule has 0 aliphatic rings. The summed E-state index contributed by atoms with van der Waals surface area (Å²) in [5.41, 5.74) is 2.86. The normalized spacial score (nSPS) is 10.3. The second-order valence-corrected chi connectivity index (χ2v) is 6.81. The number of carbonyl (C=O) groups excluding carboxylic acids is 3. The summed E-state index contributed by atoms with van der Waals surface area (Å²) in [4.78, 5) is 40.7. The first kappa shape index (κ1) is 20.6. The maximum Gasteiger partial charge on any atom is 0.312 e. The fraction of sp³-hybridized carbons (Fsp3) is 0.368. The predicted octanol–water partition coefficient (Wildman–Crippen LogP) is 1.66. The van der Waals surface area contributed by atoms with Gasteiger partial charge in [-0.1, -0.05) is 31.2 Å². The van der Waals surface area contributed by atoms with E-state index in [1.165, 1.54) is 35.9 Å². The first-order valence-corrected chi connectivity index (χ1v) is 9.44. The molecule has 0 unspecified atom stereocenters. The number of hydrogen-bond donors (Lipinski definition) is 1. The molecule has 0 radical (unpaired) electrons. The first-order chi connectivity index (χ1) is 12.9. The highest BCUT2D eigenvalue weighted by Crippen LogP contribution is 2.24. The van der Waals surface area contributed by atoms with Crippen molar-refractivity contribution in [3.8, 4) is 10.6 Å². The van der Waals surface area contributed by atoms with E-state index in [4.69, 9.17) is 4.74 Å². The van der Waals surface area contributed by atoms with E-state index in [9.17, 15) is 14.4 Å². The molecule has 1 aromatic heterocycles. The van der Waals surface area contributed by atoms with Crippen LogP contribution in [0, 0.1) is 0 Å². The van der Waals surface area contributed by atoms with Crippen molar-refractivity contribution in [2.75, 3.05) is 27.2 Å². The number of aromatic nitrogens is 1. The zero-order valence-electron chi connectivity index (χ0n) is 15.7. The molecule has 1 aromatic carbocycles. The van der Waals surface area contributed by atoms with Gasteiger partial charge in [0.2, 0.25) is 5.91 Å². The van der Waals surface area contributed by atoms with Crippen molar-refractivity contribution in [2.24, 2.45) is 0 Å². The van der Waals surface area contributed by atoms with Crippen LogP contribution >= 0.6 is 11.3 Å². The number of aryl methyl sites for hydroxylation is 1. The van der Waals surface area contributed by atoms with E-state index < -0.39 is 18.5 Å². The number of thiazole rings is 1. The van der Waals surface area contributed by atoms with Crippen molar-refractivity contribution in [1.29, 1.82) is 0 Å². The molecular weight excluding hydrogens is 366 g/mol. The third kappa shape index (κ3) is 6.18. The highest BCUT2D eigenvalue weighted by Gasteiger charge is 2.16. The van der Waals surface area contributed by atoms with Gasteiger partial charge in [-0.05, 0) is 12.0 Å². The molecule has 0 aliphatic carbocycles. The summed E-state index contributed by atoms with van der Waals surface area (Å²) in [6.07, 6.45) is 0.974. The topological polar surface area (TPSA) is 88.6 Å². The smallest absolute Gasteiger partial charge is 0.312 e. The van der Waals surface area contributed by atoms with Crippen LogP contribution in [0.25, 0.3) is 10.6 Å². The fourth-order valence-electron chi connectivity index (χ4n) is 2.24. The monoisotopic (exact) mass is 389 g/mol. The molecule has 0 atom stereocenters. The molecule has 2 aromatic rings. The molecule has 0 aliphatic heterocycles. The number of nitrogens with zero attached hydrogens (tertiary/aromatic N) is 2. The maximum absolute atomic E-state index is 11.9. The number of hydrogen-bond acceptors (Lipinski definition) is 6. The molecule has 27 heavy (non-hydrogen) atoms. The first-order valence-electron chi connectivity index (χ1n) is 8.56. The molecule has 2 rings (SSSR count).